The van der Waals surface area contributed by atoms with Gasteiger partial charge in [-0.2, -0.15) is 0 Å². The molecule has 0 aromatic heterocycles. The molecule has 1 rings (SSSR count). The SMILES string of the molecule is CCN(CC)CCS/C(=N/O)c1cccc(Cl)c1.[Cl-]. The van der Waals surface area contributed by atoms with Gasteiger partial charge in [-0.25, -0.2) is 0 Å². The van der Waals surface area contributed by atoms with Crippen LogP contribution >= 0.6 is 23.4 Å². The Morgan fingerprint density at radius 3 is 2.58 bits per heavy atom. The molecule has 1 aromatic carbocycles. The highest BCUT2D eigenvalue weighted by molar-refractivity contribution is 8.14. The molecule has 0 aliphatic rings. The van der Waals surface area contributed by atoms with Gasteiger partial charge in [0.2, 0.25) is 0 Å². The third kappa shape index (κ3) is 6.52. The largest absolute Gasteiger partial charge is 1.00 e. The zero-order chi connectivity index (χ0) is 13.4. The summed E-state index contributed by atoms with van der Waals surface area (Å²) < 4.78 is 0. The maximum Gasteiger partial charge on any atom is 0.143 e. The van der Waals surface area contributed by atoms with Crippen molar-refractivity contribution in [2.75, 3.05) is 25.4 Å². The highest BCUT2D eigenvalue weighted by atomic mass is 35.5. The molecule has 0 spiro atoms. The molecule has 0 bridgehead atoms. The Morgan fingerprint density at radius 2 is 2.05 bits per heavy atom. The normalized spacial score (nSPS) is 11.5. The van der Waals surface area contributed by atoms with Crippen LogP contribution in [0.25, 0.3) is 0 Å². The zero-order valence-corrected chi connectivity index (χ0v) is 13.5. The number of hydrogen-bond donors (Lipinski definition) is 1. The van der Waals surface area contributed by atoms with Crippen molar-refractivity contribution in [2.45, 2.75) is 13.8 Å². The minimum absolute atomic E-state index is 0. The van der Waals surface area contributed by atoms with E-state index in [0.717, 1.165) is 31.0 Å². The minimum atomic E-state index is 0. The third-order valence-corrected chi connectivity index (χ3v) is 3.92. The van der Waals surface area contributed by atoms with Crippen molar-refractivity contribution < 1.29 is 17.6 Å². The Hall–Kier alpha value is -0.420. The first-order chi connectivity index (χ1) is 8.71. The maximum atomic E-state index is 9.06. The van der Waals surface area contributed by atoms with Crippen molar-refractivity contribution in [2.24, 2.45) is 5.16 Å². The van der Waals surface area contributed by atoms with E-state index in [1.807, 2.05) is 12.1 Å². The quantitative estimate of drug-likeness (QED) is 0.360. The number of benzene rings is 1. The van der Waals surface area contributed by atoms with Crippen molar-refractivity contribution in [3.8, 4) is 0 Å². The van der Waals surface area contributed by atoms with Gasteiger partial charge in [-0.3, -0.25) is 0 Å². The van der Waals surface area contributed by atoms with Crippen molar-refractivity contribution in [3.63, 3.8) is 0 Å². The van der Waals surface area contributed by atoms with Gasteiger partial charge in [-0.1, -0.05) is 42.7 Å². The molecule has 3 nitrogen and oxygen atoms in total. The van der Waals surface area contributed by atoms with Crippen LogP contribution in [0, 0.1) is 0 Å². The van der Waals surface area contributed by atoms with E-state index in [4.69, 9.17) is 16.8 Å². The lowest BCUT2D eigenvalue weighted by Gasteiger charge is -2.17. The van der Waals surface area contributed by atoms with Gasteiger partial charge in [0.25, 0.3) is 0 Å². The standard InChI is InChI=1S/C13H19ClN2OS.ClH/c1-3-16(4-2)8-9-18-13(15-17)11-6-5-7-12(14)10-11;/h5-7,10,17H,3-4,8-9H2,1-2H3;1H/p-1/b15-13+;. The van der Waals surface area contributed by atoms with Gasteiger partial charge < -0.3 is 22.5 Å². The molecule has 0 saturated carbocycles. The van der Waals surface area contributed by atoms with Gasteiger partial charge in [-0.05, 0) is 25.2 Å². The first-order valence-electron chi connectivity index (χ1n) is 6.04. The molecule has 0 unspecified atom stereocenters. The van der Waals surface area contributed by atoms with Gasteiger partial charge in [-0.15, -0.1) is 11.8 Å². The Kier molecular flexibility index (Phi) is 10.1. The van der Waals surface area contributed by atoms with Crippen LogP contribution in [0.4, 0.5) is 0 Å². The summed E-state index contributed by atoms with van der Waals surface area (Å²) in [6.07, 6.45) is 0. The van der Waals surface area contributed by atoms with Crippen LogP contribution in [0.1, 0.15) is 19.4 Å². The molecule has 0 saturated heterocycles. The van der Waals surface area contributed by atoms with Gasteiger partial charge >= 0.3 is 0 Å². The molecule has 0 amide bonds. The zero-order valence-electron chi connectivity index (χ0n) is 11.1. The number of halogens is 2. The van der Waals surface area contributed by atoms with Crippen LogP contribution in [0.5, 0.6) is 0 Å². The lowest BCUT2D eigenvalue weighted by Crippen LogP contribution is -3.00. The average Bonchev–Trinajstić information content (AvgIpc) is 2.39. The number of nitrogens with zero attached hydrogens (tertiary/aromatic N) is 2. The Balaban J connectivity index is 0.00000324. The second-order valence-electron chi connectivity index (χ2n) is 3.79. The summed E-state index contributed by atoms with van der Waals surface area (Å²) in [4.78, 5) is 2.33. The smallest absolute Gasteiger partial charge is 0.143 e. The molecule has 19 heavy (non-hydrogen) atoms. The molecule has 1 aromatic rings. The van der Waals surface area contributed by atoms with Crippen LogP contribution in [0.3, 0.4) is 0 Å². The summed E-state index contributed by atoms with van der Waals surface area (Å²) in [7, 11) is 0. The fourth-order valence-electron chi connectivity index (χ4n) is 1.60. The molecule has 0 radical (unpaired) electrons. The molecule has 0 aliphatic heterocycles. The molecule has 1 N–H and O–H groups in total. The summed E-state index contributed by atoms with van der Waals surface area (Å²) in [5, 5.41) is 13.7. The Bertz CT molecular complexity index is 398. The van der Waals surface area contributed by atoms with Gasteiger partial charge in [0.1, 0.15) is 5.04 Å². The molecule has 6 heteroatoms. The predicted molar refractivity (Wildman–Crippen MR) is 80.0 cm³/mol. The number of hydrogen-bond acceptors (Lipinski definition) is 4. The summed E-state index contributed by atoms with van der Waals surface area (Å²) in [6, 6.07) is 7.36. The third-order valence-electron chi connectivity index (χ3n) is 2.70. The van der Waals surface area contributed by atoms with Crippen molar-refractivity contribution in [3.05, 3.63) is 34.9 Å². The van der Waals surface area contributed by atoms with Gasteiger partial charge in [0, 0.05) is 22.9 Å². The van der Waals surface area contributed by atoms with Crippen LogP contribution in [0.2, 0.25) is 5.02 Å². The minimum Gasteiger partial charge on any atom is -1.00 e. The monoisotopic (exact) mass is 321 g/mol. The number of oxime groups is 1. The summed E-state index contributed by atoms with van der Waals surface area (Å²) in [5.74, 6) is 0.896. The average molecular weight is 322 g/mol. The van der Waals surface area contributed by atoms with Crippen LogP contribution < -0.4 is 12.4 Å². The predicted octanol–water partition coefficient (Wildman–Crippen LogP) is 0.555. The van der Waals surface area contributed by atoms with Crippen LogP contribution in [-0.4, -0.2) is 40.5 Å². The molecular formula is C13H19Cl2N2OS-. The topological polar surface area (TPSA) is 35.8 Å². The van der Waals surface area contributed by atoms with Crippen molar-refractivity contribution in [1.82, 2.24) is 4.90 Å². The fourth-order valence-corrected chi connectivity index (χ4v) is 2.69. The fraction of sp³-hybridized carbons (Fsp3) is 0.462. The molecule has 0 fully saturated rings. The van der Waals surface area contributed by atoms with E-state index in [9.17, 15) is 0 Å². The van der Waals surface area contributed by atoms with Gasteiger partial charge in [0.15, 0.2) is 0 Å². The van der Waals surface area contributed by atoms with E-state index in [2.05, 4.69) is 23.9 Å². The highest BCUT2D eigenvalue weighted by Gasteiger charge is 2.07. The number of thioether (sulfide) groups is 1. The molecule has 0 atom stereocenters. The van der Waals surface area contributed by atoms with E-state index in [1.54, 1.807) is 23.9 Å². The van der Waals surface area contributed by atoms with Crippen LogP contribution in [-0.2, 0) is 0 Å². The Morgan fingerprint density at radius 1 is 1.37 bits per heavy atom. The van der Waals surface area contributed by atoms with Crippen LogP contribution in [0.15, 0.2) is 29.4 Å². The summed E-state index contributed by atoms with van der Waals surface area (Å²) >= 11 is 7.46. The molecule has 0 aliphatic carbocycles. The lowest BCUT2D eigenvalue weighted by atomic mass is 10.2. The van der Waals surface area contributed by atoms with E-state index >= 15 is 0 Å². The second kappa shape index (κ2) is 10.4. The number of rotatable bonds is 6. The van der Waals surface area contributed by atoms with E-state index < -0.39 is 0 Å². The summed E-state index contributed by atoms with van der Waals surface area (Å²) in [6.45, 7) is 7.36. The summed E-state index contributed by atoms with van der Waals surface area (Å²) in [5.41, 5.74) is 0.856. The van der Waals surface area contributed by atoms with E-state index in [1.165, 1.54) is 0 Å². The Labute approximate surface area is 130 Å². The second-order valence-corrected chi connectivity index (χ2v) is 5.31. The first-order valence-corrected chi connectivity index (χ1v) is 7.40. The lowest BCUT2D eigenvalue weighted by molar-refractivity contribution is -0.00000451. The van der Waals surface area contributed by atoms with E-state index in [0.29, 0.717) is 10.1 Å². The molecule has 108 valence electrons. The molecular weight excluding hydrogens is 303 g/mol. The van der Waals surface area contributed by atoms with Gasteiger partial charge in [0.05, 0.1) is 0 Å². The molecule has 0 heterocycles. The highest BCUT2D eigenvalue weighted by Crippen LogP contribution is 2.17. The van der Waals surface area contributed by atoms with Crippen molar-refractivity contribution in [1.29, 1.82) is 0 Å². The van der Waals surface area contributed by atoms with Crippen molar-refractivity contribution >= 4 is 28.4 Å². The van der Waals surface area contributed by atoms with E-state index in [-0.39, 0.29) is 12.4 Å². The maximum absolute atomic E-state index is 9.06. The first kappa shape index (κ1) is 18.6.